The summed E-state index contributed by atoms with van der Waals surface area (Å²) in [5, 5.41) is 13.4. The molecule has 2 saturated heterocycles. The van der Waals surface area contributed by atoms with E-state index >= 15 is 0 Å². The van der Waals surface area contributed by atoms with Gasteiger partial charge >= 0.3 is 12.2 Å². The summed E-state index contributed by atoms with van der Waals surface area (Å²) in [5.74, 6) is 0.748. The summed E-state index contributed by atoms with van der Waals surface area (Å²) < 4.78 is 4.90. The second-order valence-electron chi connectivity index (χ2n) is 17.1. The van der Waals surface area contributed by atoms with E-state index < -0.39 is 24.3 Å². The third-order valence-corrected chi connectivity index (χ3v) is 12.7. The summed E-state index contributed by atoms with van der Waals surface area (Å²) in [6, 6.07) is 19.5. The molecule has 4 aromatic heterocycles. The van der Waals surface area contributed by atoms with Crippen LogP contribution >= 0.6 is 0 Å². The first-order valence-corrected chi connectivity index (χ1v) is 21.9. The summed E-state index contributed by atoms with van der Waals surface area (Å²) in [6.45, 7) is 4.79. The number of para-hydroxylation sites is 1. The Bertz CT molecular complexity index is 2890. The van der Waals surface area contributed by atoms with Gasteiger partial charge in [0.25, 0.3) is 0 Å². The number of alkyl carbamates (subject to hydrolysis) is 1. The molecule has 0 saturated carbocycles. The van der Waals surface area contributed by atoms with Crippen LogP contribution in [-0.2, 0) is 20.7 Å². The lowest BCUT2D eigenvalue weighted by Crippen LogP contribution is -2.51. The van der Waals surface area contributed by atoms with Crippen molar-refractivity contribution in [2.75, 3.05) is 27.2 Å². The molecule has 17 nitrogen and oxygen atoms in total. The largest absolute Gasteiger partial charge is 0.465 e. The topological polar surface area (TPSA) is 218 Å². The Morgan fingerprint density at radius 1 is 0.815 bits per heavy atom. The SMILES string of the molecule is COC(=O)N[C@H](Cc1c[nH]c2ccccc12)C(=O)N1CCC[C@H]1c1ncc(-c2ccc3nc(-c4ccc(-c5cnc([C@@H]6CCCN6C(=O)C(C(C)C)N(C)C(=O)O)[nH]5)cc4)cnc3c2)[nH]1. The van der Waals surface area contributed by atoms with Gasteiger partial charge in [-0.25, -0.2) is 24.5 Å². The number of carboxylic acid groups (broad SMARTS) is 1. The third-order valence-electron chi connectivity index (χ3n) is 12.7. The number of nitrogens with zero attached hydrogens (tertiary/aromatic N) is 7. The Hall–Kier alpha value is -7.56. The smallest absolute Gasteiger partial charge is 0.407 e. The first-order valence-electron chi connectivity index (χ1n) is 21.9. The zero-order valence-corrected chi connectivity index (χ0v) is 36.6. The number of ether oxygens (including phenoxy) is 1. The van der Waals surface area contributed by atoms with E-state index in [2.05, 4.69) is 25.3 Å². The number of rotatable bonds is 12. The predicted octanol–water partition coefficient (Wildman–Crippen LogP) is 7.49. The number of amides is 4. The van der Waals surface area contributed by atoms with Gasteiger partial charge < -0.3 is 39.9 Å². The van der Waals surface area contributed by atoms with Crippen LogP contribution < -0.4 is 5.32 Å². The predicted molar refractivity (Wildman–Crippen MR) is 243 cm³/mol. The van der Waals surface area contributed by atoms with E-state index in [-0.39, 0.29) is 29.8 Å². The standard InChI is InChI=1S/C48H51N11O6/c1-27(2)42(57(3)48(63)64)46(61)59-20-8-12-41(59)44-51-25-38(54-44)29-15-13-28(14-16-29)37-24-50-35-21-30(17-18-34(35)53-37)39-26-52-43(55-39)40-11-7-19-58(40)45(60)36(56-47(62)65-4)22-31-23-49-33-10-6-5-9-32(31)33/h5-6,9-10,13-18,21,23-27,36,40-42,49H,7-8,11-12,19-20,22H2,1-4H3,(H,51,54)(H,52,55)(H,56,62)(H,63,64)/t36-,40+,41+,42?/m1/s1. The number of likely N-dealkylation sites (N-methyl/N-ethyl adjacent to an activating group) is 1. The van der Waals surface area contributed by atoms with Crippen LogP contribution in [0.2, 0.25) is 0 Å². The van der Waals surface area contributed by atoms with Crippen LogP contribution in [0.5, 0.6) is 0 Å². The molecule has 334 valence electrons. The van der Waals surface area contributed by atoms with Crippen molar-refractivity contribution in [3.8, 4) is 33.8 Å². The molecule has 2 aliphatic heterocycles. The van der Waals surface area contributed by atoms with Crippen LogP contribution in [0.3, 0.4) is 0 Å². The van der Waals surface area contributed by atoms with Crippen LogP contribution in [0.25, 0.3) is 55.7 Å². The number of fused-ring (bicyclic) bond motifs is 2. The van der Waals surface area contributed by atoms with Crippen LogP contribution in [0, 0.1) is 5.92 Å². The minimum absolute atomic E-state index is 0.186. The van der Waals surface area contributed by atoms with E-state index in [0.717, 1.165) is 80.6 Å². The molecule has 2 fully saturated rings. The van der Waals surface area contributed by atoms with Crippen LogP contribution in [0.1, 0.15) is 68.8 Å². The van der Waals surface area contributed by atoms with E-state index in [1.54, 1.807) is 28.4 Å². The summed E-state index contributed by atoms with van der Waals surface area (Å²) in [4.78, 5) is 85.9. The van der Waals surface area contributed by atoms with Gasteiger partial charge in [-0.1, -0.05) is 62.4 Å². The maximum Gasteiger partial charge on any atom is 0.407 e. The van der Waals surface area contributed by atoms with E-state index in [0.29, 0.717) is 42.4 Å². The minimum atomic E-state index is -1.13. The third kappa shape index (κ3) is 8.48. The number of imidazole rings is 2. The Morgan fingerprint density at radius 3 is 2.11 bits per heavy atom. The fraction of sp³-hybridized carbons (Fsp3) is 0.333. The highest BCUT2D eigenvalue weighted by Gasteiger charge is 2.40. The molecule has 65 heavy (non-hydrogen) atoms. The van der Waals surface area contributed by atoms with Gasteiger partial charge in [0.2, 0.25) is 11.8 Å². The Morgan fingerprint density at radius 2 is 1.45 bits per heavy atom. The molecule has 0 bridgehead atoms. The molecule has 3 aromatic carbocycles. The van der Waals surface area contributed by atoms with Crippen LogP contribution in [0.15, 0.2) is 91.5 Å². The number of aromatic amines is 3. The van der Waals surface area contributed by atoms with E-state index in [9.17, 15) is 24.3 Å². The Kier molecular flexibility index (Phi) is 11.8. The van der Waals surface area contributed by atoms with Gasteiger partial charge in [-0.3, -0.25) is 19.5 Å². The molecule has 1 unspecified atom stereocenters. The lowest BCUT2D eigenvalue weighted by Gasteiger charge is -2.33. The van der Waals surface area contributed by atoms with E-state index in [1.807, 2.05) is 86.8 Å². The molecule has 0 aliphatic carbocycles. The zero-order valence-electron chi connectivity index (χ0n) is 36.6. The molecule has 0 spiro atoms. The van der Waals surface area contributed by atoms with Gasteiger partial charge in [0.15, 0.2) is 0 Å². The number of carbonyl (C=O) groups is 4. The summed E-state index contributed by atoms with van der Waals surface area (Å²) in [5.41, 5.74) is 8.30. The van der Waals surface area contributed by atoms with Crippen molar-refractivity contribution >= 4 is 45.9 Å². The first kappa shape index (κ1) is 42.7. The maximum absolute atomic E-state index is 14.2. The summed E-state index contributed by atoms with van der Waals surface area (Å²) in [7, 11) is 2.73. The monoisotopic (exact) mass is 877 g/mol. The molecule has 4 atom stereocenters. The number of benzene rings is 3. The second kappa shape index (κ2) is 17.9. The number of hydrogen-bond donors (Lipinski definition) is 5. The number of methoxy groups -OCH3 is 1. The number of carbonyl (C=O) groups excluding carboxylic acids is 3. The number of nitrogens with one attached hydrogen (secondary N) is 4. The highest BCUT2D eigenvalue weighted by atomic mass is 16.5. The lowest BCUT2D eigenvalue weighted by molar-refractivity contribution is -0.138. The molecule has 7 aromatic rings. The average Bonchev–Trinajstić information content (AvgIpc) is 4.18. The van der Waals surface area contributed by atoms with E-state index in [4.69, 9.17) is 19.7 Å². The molecule has 4 amide bonds. The fourth-order valence-electron chi connectivity index (χ4n) is 9.38. The minimum Gasteiger partial charge on any atom is -0.465 e. The van der Waals surface area contributed by atoms with Crippen molar-refractivity contribution < 1.29 is 29.0 Å². The van der Waals surface area contributed by atoms with Gasteiger partial charge in [0.1, 0.15) is 23.7 Å². The van der Waals surface area contributed by atoms with Crippen LogP contribution in [0.4, 0.5) is 9.59 Å². The van der Waals surface area contributed by atoms with Gasteiger partial charge in [0, 0.05) is 54.8 Å². The highest BCUT2D eigenvalue weighted by molar-refractivity contribution is 5.89. The quantitative estimate of drug-likeness (QED) is 0.0815. The van der Waals surface area contributed by atoms with Crippen molar-refractivity contribution in [1.29, 1.82) is 0 Å². The molecular weight excluding hydrogens is 827 g/mol. The van der Waals surface area contributed by atoms with Gasteiger partial charge in [-0.05, 0) is 60.9 Å². The first-order chi connectivity index (χ1) is 31.5. The number of hydrogen-bond acceptors (Lipinski definition) is 9. The Labute approximate surface area is 374 Å². The van der Waals surface area contributed by atoms with Crippen molar-refractivity contribution in [2.45, 2.75) is 70.1 Å². The maximum atomic E-state index is 14.2. The van der Waals surface area contributed by atoms with E-state index in [1.165, 1.54) is 14.2 Å². The van der Waals surface area contributed by atoms with Crippen molar-refractivity contribution in [3.05, 3.63) is 109 Å². The molecule has 6 heterocycles. The van der Waals surface area contributed by atoms with Gasteiger partial charge in [0.05, 0.1) is 65.9 Å². The zero-order chi connectivity index (χ0) is 45.4. The van der Waals surface area contributed by atoms with Gasteiger partial charge in [-0.15, -0.1) is 0 Å². The van der Waals surface area contributed by atoms with Crippen molar-refractivity contribution in [3.63, 3.8) is 0 Å². The van der Waals surface area contributed by atoms with Crippen molar-refractivity contribution in [1.82, 2.24) is 54.9 Å². The lowest BCUT2D eigenvalue weighted by atomic mass is 10.0. The average molecular weight is 878 g/mol. The summed E-state index contributed by atoms with van der Waals surface area (Å²) in [6.07, 6.45) is 8.72. The number of likely N-dealkylation sites (tertiary alicyclic amines) is 2. The normalized spacial score (nSPS) is 17.2. The molecule has 9 rings (SSSR count). The summed E-state index contributed by atoms with van der Waals surface area (Å²) >= 11 is 0. The Balaban J connectivity index is 0.873. The molecule has 17 heteroatoms. The van der Waals surface area contributed by atoms with Crippen LogP contribution in [-0.4, -0.2) is 118 Å². The number of aromatic nitrogens is 7. The van der Waals surface area contributed by atoms with Crippen molar-refractivity contribution in [2.24, 2.45) is 5.92 Å². The molecular formula is C48H51N11O6. The molecule has 0 radical (unpaired) electrons. The second-order valence-corrected chi connectivity index (χ2v) is 17.1. The highest BCUT2D eigenvalue weighted by Crippen LogP contribution is 2.35. The molecule has 2 aliphatic rings. The van der Waals surface area contributed by atoms with Gasteiger partial charge in [-0.2, -0.15) is 0 Å². The molecule has 5 N–H and O–H groups in total. The number of H-pyrrole nitrogens is 3. The fourth-order valence-corrected chi connectivity index (χ4v) is 9.38.